The van der Waals surface area contributed by atoms with E-state index < -0.39 is 23.0 Å². The van der Waals surface area contributed by atoms with Crippen molar-refractivity contribution in [1.29, 1.82) is 0 Å². The Bertz CT molecular complexity index is 888. The Morgan fingerprint density at radius 1 is 1.11 bits per heavy atom. The number of ether oxygens (including phenoxy) is 1. The summed E-state index contributed by atoms with van der Waals surface area (Å²) in [5.41, 5.74) is -0.949. The fraction of sp³-hybridized carbons (Fsp3) is 0.409. The SMILES string of the molecule is COC(=O)[C@@]12CCCN1[C@H](c1ccccc1)[C@@H](c1ccccc1)[C@]2(C)[N+](=O)[O-]. The fourth-order valence-electron chi connectivity index (χ4n) is 5.55. The molecule has 0 unspecified atom stereocenters. The summed E-state index contributed by atoms with van der Waals surface area (Å²) in [6, 6.07) is 19.1. The minimum Gasteiger partial charge on any atom is -0.467 e. The topological polar surface area (TPSA) is 72.7 Å². The van der Waals surface area contributed by atoms with Crippen LogP contribution >= 0.6 is 0 Å². The molecular formula is C22H24N2O4. The predicted molar refractivity (Wildman–Crippen MR) is 104 cm³/mol. The van der Waals surface area contributed by atoms with E-state index in [1.54, 1.807) is 6.92 Å². The van der Waals surface area contributed by atoms with E-state index in [9.17, 15) is 14.9 Å². The highest BCUT2D eigenvalue weighted by atomic mass is 16.6. The summed E-state index contributed by atoms with van der Waals surface area (Å²) >= 11 is 0. The zero-order valence-corrected chi connectivity index (χ0v) is 16.1. The molecular weight excluding hydrogens is 356 g/mol. The first kappa shape index (κ1) is 18.6. The first-order valence-corrected chi connectivity index (χ1v) is 9.58. The maximum Gasteiger partial charge on any atom is 0.333 e. The molecule has 4 atom stereocenters. The van der Waals surface area contributed by atoms with Crippen molar-refractivity contribution < 1.29 is 14.5 Å². The highest BCUT2D eigenvalue weighted by Gasteiger charge is 2.79. The fourth-order valence-corrected chi connectivity index (χ4v) is 5.55. The Balaban J connectivity index is 2.02. The number of methoxy groups -OCH3 is 1. The number of fused-ring (bicyclic) bond motifs is 1. The largest absolute Gasteiger partial charge is 0.467 e. The van der Waals surface area contributed by atoms with Gasteiger partial charge in [-0.1, -0.05) is 60.7 Å². The van der Waals surface area contributed by atoms with Gasteiger partial charge in [0.15, 0.2) is 5.54 Å². The van der Waals surface area contributed by atoms with E-state index in [1.165, 1.54) is 7.11 Å². The molecule has 2 aromatic carbocycles. The molecule has 0 bridgehead atoms. The van der Waals surface area contributed by atoms with Gasteiger partial charge in [-0.2, -0.15) is 0 Å². The average molecular weight is 380 g/mol. The number of hydrogen-bond acceptors (Lipinski definition) is 5. The average Bonchev–Trinajstić information content (AvgIpc) is 3.25. The molecule has 0 aromatic heterocycles. The van der Waals surface area contributed by atoms with Crippen LogP contribution in [-0.2, 0) is 9.53 Å². The van der Waals surface area contributed by atoms with Crippen molar-refractivity contribution in [2.75, 3.05) is 13.7 Å². The van der Waals surface area contributed by atoms with Gasteiger partial charge in [0.1, 0.15) is 0 Å². The minimum atomic E-state index is -1.52. The molecule has 0 radical (unpaired) electrons. The van der Waals surface area contributed by atoms with Crippen LogP contribution < -0.4 is 0 Å². The van der Waals surface area contributed by atoms with Crippen LogP contribution in [-0.4, -0.2) is 40.5 Å². The summed E-state index contributed by atoms with van der Waals surface area (Å²) in [6.07, 6.45) is 1.15. The third-order valence-electron chi connectivity index (χ3n) is 6.72. The Labute approximate surface area is 164 Å². The first-order valence-electron chi connectivity index (χ1n) is 9.58. The second-order valence-electron chi connectivity index (χ2n) is 7.80. The number of hydrogen-bond donors (Lipinski definition) is 0. The van der Waals surface area contributed by atoms with Crippen LogP contribution in [0.1, 0.15) is 42.9 Å². The molecule has 0 N–H and O–H groups in total. The predicted octanol–water partition coefficient (Wildman–Crippen LogP) is 3.57. The third-order valence-corrected chi connectivity index (χ3v) is 6.72. The van der Waals surface area contributed by atoms with E-state index in [4.69, 9.17) is 4.74 Å². The monoisotopic (exact) mass is 380 g/mol. The molecule has 0 spiro atoms. The lowest BCUT2D eigenvalue weighted by Gasteiger charge is -2.36. The van der Waals surface area contributed by atoms with Crippen LogP contribution in [0.2, 0.25) is 0 Å². The maximum atomic E-state index is 13.1. The summed E-state index contributed by atoms with van der Waals surface area (Å²) in [6.45, 7) is 2.25. The summed E-state index contributed by atoms with van der Waals surface area (Å²) in [7, 11) is 1.32. The van der Waals surface area contributed by atoms with Crippen molar-refractivity contribution in [3.05, 3.63) is 81.9 Å². The molecule has 2 fully saturated rings. The number of esters is 1. The molecule has 2 aliphatic heterocycles. The number of carbonyl (C=O) groups excluding carboxylic acids is 1. The molecule has 146 valence electrons. The molecule has 2 saturated heterocycles. The Hall–Kier alpha value is -2.73. The van der Waals surface area contributed by atoms with E-state index in [-0.39, 0.29) is 11.0 Å². The Morgan fingerprint density at radius 3 is 2.21 bits per heavy atom. The normalized spacial score (nSPS) is 32.1. The highest BCUT2D eigenvalue weighted by molar-refractivity contribution is 5.84. The Kier molecular flexibility index (Phi) is 4.46. The van der Waals surface area contributed by atoms with Crippen molar-refractivity contribution in [3.8, 4) is 0 Å². The molecule has 28 heavy (non-hydrogen) atoms. The first-order chi connectivity index (χ1) is 13.5. The lowest BCUT2D eigenvalue weighted by Crippen LogP contribution is -2.64. The molecule has 4 rings (SSSR count). The van der Waals surface area contributed by atoms with Crippen molar-refractivity contribution in [2.24, 2.45) is 0 Å². The minimum absolute atomic E-state index is 0.247. The third kappa shape index (κ3) is 2.27. The molecule has 2 aliphatic rings. The van der Waals surface area contributed by atoms with Crippen LogP contribution in [0.3, 0.4) is 0 Å². The summed E-state index contributed by atoms with van der Waals surface area (Å²) in [5, 5.41) is 12.6. The smallest absolute Gasteiger partial charge is 0.333 e. The van der Waals surface area contributed by atoms with Gasteiger partial charge in [-0.3, -0.25) is 15.0 Å². The number of nitro groups is 1. The summed E-state index contributed by atoms with van der Waals surface area (Å²) in [5.74, 6) is -0.992. The molecule has 0 aliphatic carbocycles. The maximum absolute atomic E-state index is 13.1. The van der Waals surface area contributed by atoms with Crippen LogP contribution in [0.15, 0.2) is 60.7 Å². The quantitative estimate of drug-likeness (QED) is 0.461. The van der Waals surface area contributed by atoms with E-state index in [0.29, 0.717) is 13.0 Å². The second kappa shape index (κ2) is 6.71. The van der Waals surface area contributed by atoms with Crippen LogP contribution in [0.25, 0.3) is 0 Å². The molecule has 6 heteroatoms. The van der Waals surface area contributed by atoms with Crippen molar-refractivity contribution in [2.45, 2.75) is 42.8 Å². The molecule has 2 heterocycles. The van der Waals surface area contributed by atoms with E-state index >= 15 is 0 Å². The Morgan fingerprint density at radius 2 is 1.68 bits per heavy atom. The number of rotatable bonds is 4. The van der Waals surface area contributed by atoms with Gasteiger partial charge < -0.3 is 4.74 Å². The van der Waals surface area contributed by atoms with Crippen molar-refractivity contribution in [1.82, 2.24) is 4.90 Å². The summed E-state index contributed by atoms with van der Waals surface area (Å²) < 4.78 is 5.17. The van der Waals surface area contributed by atoms with Crippen LogP contribution in [0.4, 0.5) is 0 Å². The standard InChI is InChI=1S/C22H24N2O4/c1-21(24(26)27)18(16-10-5-3-6-11-16)19(17-12-7-4-8-13-17)23-15-9-14-22(21,23)20(25)28-2/h3-8,10-13,18-19H,9,14-15H2,1-2H3/t18-,19-,21+,22-/m1/s1. The molecule has 0 saturated carbocycles. The zero-order valence-electron chi connectivity index (χ0n) is 16.1. The molecule has 2 aromatic rings. The highest BCUT2D eigenvalue weighted by Crippen LogP contribution is 2.62. The summed E-state index contributed by atoms with van der Waals surface area (Å²) in [4.78, 5) is 27.5. The van der Waals surface area contributed by atoms with Crippen LogP contribution in [0, 0.1) is 10.1 Å². The van der Waals surface area contributed by atoms with Gasteiger partial charge >= 0.3 is 5.97 Å². The van der Waals surface area contributed by atoms with Gasteiger partial charge in [-0.05, 0) is 24.0 Å². The van der Waals surface area contributed by atoms with Crippen molar-refractivity contribution >= 4 is 5.97 Å². The zero-order chi connectivity index (χ0) is 19.9. The van der Waals surface area contributed by atoms with E-state index in [0.717, 1.165) is 17.5 Å². The van der Waals surface area contributed by atoms with E-state index in [2.05, 4.69) is 0 Å². The van der Waals surface area contributed by atoms with Crippen LogP contribution in [0.5, 0.6) is 0 Å². The van der Waals surface area contributed by atoms with Gasteiger partial charge in [0.05, 0.1) is 13.0 Å². The number of nitrogens with zero attached hydrogens (tertiary/aromatic N) is 2. The van der Waals surface area contributed by atoms with Crippen molar-refractivity contribution in [3.63, 3.8) is 0 Å². The second-order valence-corrected chi connectivity index (χ2v) is 7.80. The van der Waals surface area contributed by atoms with Gasteiger partial charge in [0.25, 0.3) is 5.54 Å². The number of carbonyl (C=O) groups is 1. The lowest BCUT2D eigenvalue weighted by atomic mass is 9.68. The molecule has 6 nitrogen and oxygen atoms in total. The van der Waals surface area contributed by atoms with Gasteiger partial charge in [-0.15, -0.1) is 0 Å². The van der Waals surface area contributed by atoms with Gasteiger partial charge in [0, 0.05) is 24.4 Å². The van der Waals surface area contributed by atoms with Gasteiger partial charge in [-0.25, -0.2) is 4.79 Å². The van der Waals surface area contributed by atoms with Gasteiger partial charge in [0.2, 0.25) is 0 Å². The lowest BCUT2D eigenvalue weighted by molar-refractivity contribution is -0.577. The van der Waals surface area contributed by atoms with E-state index in [1.807, 2.05) is 65.6 Å². The molecule has 0 amide bonds. The number of benzene rings is 2.